The zero-order valence-corrected chi connectivity index (χ0v) is 11.8. The van der Waals surface area contributed by atoms with Crippen LogP contribution in [0.4, 0.5) is 0 Å². The maximum Gasteiger partial charge on any atom is 0.249 e. The fourth-order valence-corrected chi connectivity index (χ4v) is 2.15. The number of aryl methyl sites for hydroxylation is 1. The minimum atomic E-state index is -0.605. The summed E-state index contributed by atoms with van der Waals surface area (Å²) < 4.78 is 5.06. The molecule has 1 aromatic carbocycles. The van der Waals surface area contributed by atoms with E-state index >= 15 is 0 Å². The van der Waals surface area contributed by atoms with Gasteiger partial charge in [0, 0.05) is 12.8 Å². The molecule has 0 spiro atoms. The molecule has 0 radical (unpaired) electrons. The fraction of sp³-hybridized carbons (Fsp3) is 0.400. The van der Waals surface area contributed by atoms with Crippen molar-refractivity contribution in [1.82, 2.24) is 10.6 Å². The number of ether oxygens (including phenoxy) is 1. The summed E-state index contributed by atoms with van der Waals surface area (Å²) in [6.07, 6.45) is 1.50. The van der Waals surface area contributed by atoms with E-state index in [1.54, 1.807) is 7.11 Å². The van der Waals surface area contributed by atoms with Gasteiger partial charge in [-0.1, -0.05) is 12.1 Å². The van der Waals surface area contributed by atoms with Gasteiger partial charge in [-0.05, 0) is 30.5 Å². The molecule has 2 N–H and O–H groups in total. The van der Waals surface area contributed by atoms with E-state index in [1.165, 1.54) is 0 Å². The van der Waals surface area contributed by atoms with Gasteiger partial charge in [0.05, 0.1) is 7.11 Å². The van der Waals surface area contributed by atoms with Crippen molar-refractivity contribution in [1.29, 1.82) is 0 Å². The smallest absolute Gasteiger partial charge is 0.249 e. The Balaban J connectivity index is 1.79. The molecule has 0 bridgehead atoms. The summed E-state index contributed by atoms with van der Waals surface area (Å²) in [5.41, 5.74) is 1.02. The Bertz CT molecular complexity index is 539. The molecule has 0 aromatic heterocycles. The van der Waals surface area contributed by atoms with Gasteiger partial charge in [0.2, 0.25) is 17.7 Å². The lowest BCUT2D eigenvalue weighted by Gasteiger charge is -2.21. The van der Waals surface area contributed by atoms with E-state index in [1.807, 2.05) is 24.3 Å². The van der Waals surface area contributed by atoms with Crippen molar-refractivity contribution in [3.63, 3.8) is 0 Å². The summed E-state index contributed by atoms with van der Waals surface area (Å²) >= 11 is 0. The van der Waals surface area contributed by atoms with Crippen LogP contribution in [0.5, 0.6) is 5.75 Å². The van der Waals surface area contributed by atoms with Crippen molar-refractivity contribution in [3.8, 4) is 5.75 Å². The topological polar surface area (TPSA) is 84.5 Å². The molecular weight excluding hydrogens is 272 g/mol. The van der Waals surface area contributed by atoms with Crippen LogP contribution in [0.1, 0.15) is 24.8 Å². The Hall–Kier alpha value is -2.37. The minimum absolute atomic E-state index is 0.194. The Morgan fingerprint density at radius 2 is 2.05 bits per heavy atom. The molecule has 6 heteroatoms. The quantitative estimate of drug-likeness (QED) is 0.776. The first kappa shape index (κ1) is 15.0. The molecule has 1 fully saturated rings. The van der Waals surface area contributed by atoms with Gasteiger partial charge in [0.1, 0.15) is 11.8 Å². The maximum absolute atomic E-state index is 11.8. The maximum atomic E-state index is 11.8. The summed E-state index contributed by atoms with van der Waals surface area (Å²) in [6, 6.07) is 6.88. The highest BCUT2D eigenvalue weighted by atomic mass is 16.5. The van der Waals surface area contributed by atoms with Gasteiger partial charge in [0.25, 0.3) is 0 Å². The molecule has 1 aliphatic rings. The number of benzene rings is 1. The van der Waals surface area contributed by atoms with Crippen LogP contribution in [0.3, 0.4) is 0 Å². The number of carbonyl (C=O) groups is 3. The summed E-state index contributed by atoms with van der Waals surface area (Å²) in [6.45, 7) is 0. The van der Waals surface area contributed by atoms with E-state index in [0.717, 1.165) is 11.3 Å². The monoisotopic (exact) mass is 290 g/mol. The van der Waals surface area contributed by atoms with Crippen LogP contribution in [-0.2, 0) is 20.8 Å². The normalized spacial score (nSPS) is 18.0. The summed E-state index contributed by atoms with van der Waals surface area (Å²) in [5.74, 6) is -0.139. The highest BCUT2D eigenvalue weighted by molar-refractivity contribution is 6.01. The number of amides is 3. The van der Waals surface area contributed by atoms with Gasteiger partial charge in [-0.2, -0.15) is 0 Å². The lowest BCUT2D eigenvalue weighted by molar-refractivity contribution is -0.137. The number of methoxy groups -OCH3 is 1. The second-order valence-electron chi connectivity index (χ2n) is 4.92. The molecular formula is C15H18N2O4. The second kappa shape index (κ2) is 6.88. The van der Waals surface area contributed by atoms with Gasteiger partial charge in [0.15, 0.2) is 0 Å². The standard InChI is InChI=1S/C15H18N2O4/c1-21-11-5-2-10(3-6-11)4-8-13(18)16-12-7-9-14(19)17-15(12)20/h2-3,5-6,12H,4,7-9H2,1H3,(H,16,18)(H,17,19,20). The van der Waals surface area contributed by atoms with E-state index in [9.17, 15) is 14.4 Å². The van der Waals surface area contributed by atoms with Crippen LogP contribution in [0, 0.1) is 0 Å². The highest BCUT2D eigenvalue weighted by Gasteiger charge is 2.27. The molecule has 0 saturated carbocycles. The lowest BCUT2D eigenvalue weighted by Crippen LogP contribution is -2.52. The van der Waals surface area contributed by atoms with Crippen LogP contribution < -0.4 is 15.4 Å². The molecule has 1 saturated heterocycles. The van der Waals surface area contributed by atoms with Gasteiger partial charge < -0.3 is 10.1 Å². The molecule has 1 aliphatic heterocycles. The number of carbonyl (C=O) groups excluding carboxylic acids is 3. The Morgan fingerprint density at radius 1 is 1.33 bits per heavy atom. The van der Waals surface area contributed by atoms with Gasteiger partial charge in [-0.15, -0.1) is 0 Å². The first-order chi connectivity index (χ1) is 10.1. The van der Waals surface area contributed by atoms with E-state index in [2.05, 4.69) is 10.6 Å². The molecule has 21 heavy (non-hydrogen) atoms. The predicted octanol–water partition coefficient (Wildman–Crippen LogP) is 0.549. The van der Waals surface area contributed by atoms with Crippen molar-refractivity contribution in [2.75, 3.05) is 7.11 Å². The lowest BCUT2D eigenvalue weighted by atomic mass is 10.1. The van der Waals surface area contributed by atoms with Crippen LogP contribution in [0.25, 0.3) is 0 Å². The third kappa shape index (κ3) is 4.30. The summed E-state index contributed by atoms with van der Waals surface area (Å²) in [4.78, 5) is 34.4. The SMILES string of the molecule is COc1ccc(CCC(=O)NC2CCC(=O)NC2=O)cc1. The molecule has 2 rings (SSSR count). The zero-order valence-electron chi connectivity index (χ0n) is 11.8. The average Bonchev–Trinajstić information content (AvgIpc) is 2.48. The molecule has 0 aliphatic carbocycles. The van der Waals surface area contributed by atoms with Crippen molar-refractivity contribution in [3.05, 3.63) is 29.8 Å². The van der Waals surface area contributed by atoms with Gasteiger partial charge >= 0.3 is 0 Å². The molecule has 6 nitrogen and oxygen atoms in total. The molecule has 1 unspecified atom stereocenters. The fourth-order valence-electron chi connectivity index (χ4n) is 2.15. The molecule has 3 amide bonds. The largest absolute Gasteiger partial charge is 0.497 e. The number of imide groups is 1. The van der Waals surface area contributed by atoms with Gasteiger partial charge in [-0.25, -0.2) is 0 Å². The van der Waals surface area contributed by atoms with Crippen LogP contribution in [0.15, 0.2) is 24.3 Å². The number of rotatable bonds is 5. The van der Waals surface area contributed by atoms with Crippen LogP contribution in [0.2, 0.25) is 0 Å². The van der Waals surface area contributed by atoms with Crippen molar-refractivity contribution >= 4 is 17.7 Å². The molecule has 1 atom stereocenters. The van der Waals surface area contributed by atoms with E-state index < -0.39 is 11.9 Å². The van der Waals surface area contributed by atoms with E-state index in [4.69, 9.17) is 4.74 Å². The third-order valence-corrected chi connectivity index (χ3v) is 3.37. The Morgan fingerprint density at radius 3 is 2.67 bits per heavy atom. The summed E-state index contributed by atoms with van der Waals surface area (Å²) in [7, 11) is 1.60. The van der Waals surface area contributed by atoms with Crippen molar-refractivity contribution in [2.24, 2.45) is 0 Å². The Kier molecular flexibility index (Phi) is 4.92. The molecule has 112 valence electrons. The average molecular weight is 290 g/mol. The van der Waals surface area contributed by atoms with Crippen molar-refractivity contribution in [2.45, 2.75) is 31.7 Å². The first-order valence-corrected chi connectivity index (χ1v) is 6.84. The number of hydrogen-bond donors (Lipinski definition) is 2. The highest BCUT2D eigenvalue weighted by Crippen LogP contribution is 2.12. The zero-order chi connectivity index (χ0) is 15.2. The Labute approximate surface area is 122 Å². The second-order valence-corrected chi connectivity index (χ2v) is 4.92. The van der Waals surface area contributed by atoms with E-state index in [-0.39, 0.29) is 18.2 Å². The van der Waals surface area contributed by atoms with Crippen LogP contribution in [-0.4, -0.2) is 30.9 Å². The number of piperidine rings is 1. The van der Waals surface area contributed by atoms with Gasteiger partial charge in [-0.3, -0.25) is 19.7 Å². The third-order valence-electron chi connectivity index (χ3n) is 3.37. The van der Waals surface area contributed by atoms with Crippen LogP contribution >= 0.6 is 0 Å². The molecule has 1 aromatic rings. The van der Waals surface area contributed by atoms with Crippen molar-refractivity contribution < 1.29 is 19.1 Å². The predicted molar refractivity (Wildman–Crippen MR) is 75.6 cm³/mol. The number of nitrogens with one attached hydrogen (secondary N) is 2. The first-order valence-electron chi connectivity index (χ1n) is 6.84. The summed E-state index contributed by atoms with van der Waals surface area (Å²) in [5, 5.41) is 4.87. The molecule has 1 heterocycles. The van der Waals surface area contributed by atoms with E-state index in [0.29, 0.717) is 19.3 Å². The number of hydrogen-bond acceptors (Lipinski definition) is 4. The minimum Gasteiger partial charge on any atom is -0.497 e.